The molecule has 0 aliphatic rings. The van der Waals surface area contributed by atoms with Crippen molar-refractivity contribution in [2.45, 2.75) is 290 Å². The van der Waals surface area contributed by atoms with Crippen molar-refractivity contribution in [1.82, 2.24) is 0 Å². The molecule has 2 unspecified atom stereocenters. The molecule has 3 N–H and O–H groups in total. The lowest BCUT2D eigenvalue weighted by Gasteiger charge is -2.19. The van der Waals surface area contributed by atoms with Crippen molar-refractivity contribution in [1.29, 1.82) is 0 Å². The maximum absolute atomic E-state index is 12.7. The number of hydrogen-bond acceptors (Lipinski definition) is 8. The van der Waals surface area contributed by atoms with E-state index in [0.717, 1.165) is 77.0 Å². The van der Waals surface area contributed by atoms with Gasteiger partial charge in [-0.3, -0.25) is 18.6 Å². The number of esters is 2. The highest BCUT2D eigenvalue weighted by atomic mass is 31.2. The Hall–Kier alpha value is -3.59. The van der Waals surface area contributed by atoms with Gasteiger partial charge in [-0.05, 0) is 103 Å². The van der Waals surface area contributed by atoms with Gasteiger partial charge < -0.3 is 20.1 Å². The molecule has 0 aliphatic carbocycles. The van der Waals surface area contributed by atoms with Crippen LogP contribution >= 0.6 is 7.82 Å². The fraction of sp³-hybridized carbons (Fsp3) is 0.690. The van der Waals surface area contributed by atoms with E-state index in [-0.39, 0.29) is 32.6 Å². The summed E-state index contributed by atoms with van der Waals surface area (Å²) < 4.78 is 33.0. The monoisotopic (exact) mass is 1150 g/mol. The first kappa shape index (κ1) is 77.4. The summed E-state index contributed by atoms with van der Waals surface area (Å²) in [5, 5.41) is 0. The van der Waals surface area contributed by atoms with Gasteiger partial charge in [0.1, 0.15) is 6.61 Å². The molecule has 0 saturated carbocycles. The molecule has 81 heavy (non-hydrogen) atoms. The smallest absolute Gasteiger partial charge is 0.462 e. The van der Waals surface area contributed by atoms with Crippen molar-refractivity contribution >= 4 is 19.8 Å². The molecule has 0 amide bonds. The van der Waals surface area contributed by atoms with Crippen LogP contribution in [0.1, 0.15) is 284 Å². The lowest BCUT2D eigenvalue weighted by atomic mass is 10.0. The number of rotatable bonds is 61. The minimum atomic E-state index is -4.42. The molecule has 0 aliphatic heterocycles. The Morgan fingerprint density at radius 2 is 0.691 bits per heavy atom. The molecule has 0 saturated heterocycles. The van der Waals surface area contributed by atoms with Gasteiger partial charge in [-0.1, -0.05) is 289 Å². The van der Waals surface area contributed by atoms with Crippen LogP contribution in [0.15, 0.2) is 122 Å². The first-order chi connectivity index (χ1) is 39.8. The Labute approximate surface area is 498 Å². The molecule has 0 rings (SSSR count). The van der Waals surface area contributed by atoms with Gasteiger partial charge >= 0.3 is 19.8 Å². The second-order valence-corrected chi connectivity index (χ2v) is 23.1. The standard InChI is InChI=1S/C71H122NO8P/c1-3-5-7-9-11-13-15-17-19-21-23-25-27-29-31-33-34-36-37-39-41-43-45-47-49-51-53-55-57-59-61-63-70(73)77-67-69(68-79-81(75,76)78-66-65-72)80-71(74)64-62-60-58-56-54-52-50-48-46-44-42-40-38-35-32-30-28-26-24-22-20-18-16-14-12-10-8-6-4-2/h6,8,12,14,18,20-21,23-24,26,30,32,38,40,44,46,50,52,56,58,69H,3-5,7,9-11,13,15-17,19,22,25,27-29,31,33-37,39,41-43,45,47-49,51,53-55,57,59-68,72H2,1-2H3,(H,75,76)/b8-6-,14-12-,20-18-,23-21-,26-24-,32-30-,40-38-,46-44-,52-50-,58-56-. The number of nitrogens with two attached hydrogens (primary N) is 1. The molecular formula is C71H122NO8P. The molecule has 0 bridgehead atoms. The second kappa shape index (κ2) is 65.6. The van der Waals surface area contributed by atoms with Gasteiger partial charge in [-0.15, -0.1) is 0 Å². The van der Waals surface area contributed by atoms with Crippen molar-refractivity contribution in [3.63, 3.8) is 0 Å². The maximum atomic E-state index is 12.7. The normalized spacial score (nSPS) is 13.8. The van der Waals surface area contributed by atoms with Gasteiger partial charge in [0.15, 0.2) is 6.10 Å². The molecule has 0 heterocycles. The third kappa shape index (κ3) is 65.4. The molecule has 464 valence electrons. The summed E-state index contributed by atoms with van der Waals surface area (Å²) in [7, 11) is -4.42. The summed E-state index contributed by atoms with van der Waals surface area (Å²) in [6, 6.07) is 0. The Morgan fingerprint density at radius 1 is 0.383 bits per heavy atom. The zero-order chi connectivity index (χ0) is 58.7. The molecule has 0 aromatic heterocycles. The quantitative estimate of drug-likeness (QED) is 0.0264. The summed E-state index contributed by atoms with van der Waals surface area (Å²) in [6.07, 6.45) is 91.5. The van der Waals surface area contributed by atoms with E-state index in [1.54, 1.807) is 0 Å². The number of allylic oxidation sites excluding steroid dienone is 20. The van der Waals surface area contributed by atoms with Crippen LogP contribution in [-0.2, 0) is 32.7 Å². The van der Waals surface area contributed by atoms with Crippen LogP contribution in [-0.4, -0.2) is 49.3 Å². The van der Waals surface area contributed by atoms with Crippen LogP contribution in [0.5, 0.6) is 0 Å². The lowest BCUT2D eigenvalue weighted by molar-refractivity contribution is -0.161. The van der Waals surface area contributed by atoms with Crippen molar-refractivity contribution in [2.75, 3.05) is 26.4 Å². The number of ether oxygens (including phenoxy) is 2. The highest BCUT2D eigenvalue weighted by Gasteiger charge is 2.26. The van der Waals surface area contributed by atoms with E-state index in [1.807, 2.05) is 6.08 Å². The average Bonchev–Trinajstić information content (AvgIpc) is 3.46. The molecule has 10 heteroatoms. The molecule has 0 radical (unpaired) electrons. The highest BCUT2D eigenvalue weighted by Crippen LogP contribution is 2.43. The third-order valence-corrected chi connectivity index (χ3v) is 14.8. The largest absolute Gasteiger partial charge is 0.472 e. The molecule has 0 aromatic carbocycles. The van der Waals surface area contributed by atoms with Gasteiger partial charge in [0.25, 0.3) is 0 Å². The molecule has 9 nitrogen and oxygen atoms in total. The van der Waals surface area contributed by atoms with Crippen LogP contribution in [0.4, 0.5) is 0 Å². The molecule has 0 spiro atoms. The predicted octanol–water partition coefficient (Wildman–Crippen LogP) is 21.5. The fourth-order valence-electron chi connectivity index (χ4n) is 8.99. The molecule has 0 aromatic rings. The van der Waals surface area contributed by atoms with Gasteiger partial charge in [-0.25, -0.2) is 4.57 Å². The SMILES string of the molecule is CC/C=C\C/C=C\C/C=C\C/C=C\C/C=C\C/C=C\C/C=C\C/C=C\C/C=C\CCCC(=O)OC(COC(=O)CCCCCCCCCCCCCCCCCCCCC/C=C\CCCCCCCCCC)COP(=O)(O)OCCN. The Balaban J connectivity index is 4.01. The Morgan fingerprint density at radius 3 is 1.06 bits per heavy atom. The summed E-state index contributed by atoms with van der Waals surface area (Å²) in [5.74, 6) is -0.897. The van der Waals surface area contributed by atoms with Gasteiger partial charge in [-0.2, -0.15) is 0 Å². The maximum Gasteiger partial charge on any atom is 0.472 e. The van der Waals surface area contributed by atoms with Gasteiger partial charge in [0.05, 0.1) is 13.2 Å². The second-order valence-electron chi connectivity index (χ2n) is 21.6. The first-order valence-electron chi connectivity index (χ1n) is 33.0. The number of carbonyl (C=O) groups is 2. The van der Waals surface area contributed by atoms with Gasteiger partial charge in [0.2, 0.25) is 0 Å². The number of carbonyl (C=O) groups excluding carboxylic acids is 2. The van der Waals surface area contributed by atoms with E-state index < -0.39 is 32.5 Å². The predicted molar refractivity (Wildman–Crippen MR) is 348 cm³/mol. The topological polar surface area (TPSA) is 134 Å². The zero-order valence-electron chi connectivity index (χ0n) is 52.0. The summed E-state index contributed by atoms with van der Waals surface area (Å²) >= 11 is 0. The Bertz CT molecular complexity index is 1740. The number of hydrogen-bond donors (Lipinski definition) is 2. The van der Waals surface area contributed by atoms with E-state index in [0.29, 0.717) is 12.8 Å². The Kier molecular flexibility index (Phi) is 62.7. The number of phosphoric acid groups is 1. The van der Waals surface area contributed by atoms with Crippen LogP contribution in [0, 0.1) is 0 Å². The molecular weight excluding hydrogens is 1030 g/mol. The molecule has 2 atom stereocenters. The minimum absolute atomic E-state index is 0.0388. The summed E-state index contributed by atoms with van der Waals surface area (Å²) in [6.45, 7) is 3.58. The van der Waals surface area contributed by atoms with E-state index in [1.165, 1.54) is 167 Å². The van der Waals surface area contributed by atoms with Crippen LogP contribution < -0.4 is 5.73 Å². The number of unbranched alkanes of at least 4 members (excludes halogenated alkanes) is 28. The zero-order valence-corrected chi connectivity index (χ0v) is 52.9. The van der Waals surface area contributed by atoms with E-state index in [2.05, 4.69) is 129 Å². The first-order valence-corrected chi connectivity index (χ1v) is 34.5. The van der Waals surface area contributed by atoms with Crippen LogP contribution in [0.3, 0.4) is 0 Å². The number of phosphoric ester groups is 1. The van der Waals surface area contributed by atoms with Crippen molar-refractivity contribution < 1.29 is 37.6 Å². The average molecular weight is 1150 g/mol. The highest BCUT2D eigenvalue weighted by molar-refractivity contribution is 7.47. The minimum Gasteiger partial charge on any atom is -0.462 e. The lowest BCUT2D eigenvalue weighted by Crippen LogP contribution is -2.29. The van der Waals surface area contributed by atoms with E-state index in [9.17, 15) is 19.0 Å². The van der Waals surface area contributed by atoms with Crippen molar-refractivity contribution in [2.24, 2.45) is 5.73 Å². The van der Waals surface area contributed by atoms with Crippen LogP contribution in [0.25, 0.3) is 0 Å². The van der Waals surface area contributed by atoms with Crippen molar-refractivity contribution in [3.8, 4) is 0 Å². The van der Waals surface area contributed by atoms with Crippen LogP contribution in [0.2, 0.25) is 0 Å². The molecule has 0 fully saturated rings. The van der Waals surface area contributed by atoms with Crippen molar-refractivity contribution in [3.05, 3.63) is 122 Å². The van der Waals surface area contributed by atoms with E-state index in [4.69, 9.17) is 24.3 Å². The van der Waals surface area contributed by atoms with E-state index >= 15 is 0 Å². The third-order valence-electron chi connectivity index (χ3n) is 13.8. The van der Waals surface area contributed by atoms with Gasteiger partial charge in [0, 0.05) is 19.4 Å². The fourth-order valence-corrected chi connectivity index (χ4v) is 9.75. The summed E-state index contributed by atoms with van der Waals surface area (Å²) in [5.41, 5.74) is 5.39. The summed E-state index contributed by atoms with van der Waals surface area (Å²) in [4.78, 5) is 35.3.